The minimum atomic E-state index is -0.0263. The van der Waals surface area contributed by atoms with E-state index in [1.54, 1.807) is 7.05 Å². The number of guanidine groups is 1. The van der Waals surface area contributed by atoms with Gasteiger partial charge in [-0.2, -0.15) is 0 Å². The zero-order chi connectivity index (χ0) is 18.3. The monoisotopic (exact) mass is 344 g/mol. The first-order valence-corrected chi connectivity index (χ1v) is 9.05. The normalized spacial score (nSPS) is 11.0. The van der Waals surface area contributed by atoms with E-state index in [0.717, 1.165) is 38.3 Å². The van der Waals surface area contributed by atoms with Crippen LogP contribution in [0.5, 0.6) is 0 Å². The Bertz CT molecular complexity index is 528. The number of benzene rings is 1. The van der Waals surface area contributed by atoms with Gasteiger partial charge in [-0.1, -0.05) is 30.7 Å². The predicted octanol–water partition coefficient (Wildman–Crippen LogP) is 3.06. The van der Waals surface area contributed by atoms with E-state index in [4.69, 9.17) is 0 Å². The van der Waals surface area contributed by atoms with Gasteiger partial charge in [-0.25, -0.2) is 0 Å². The molecule has 0 saturated carbocycles. The van der Waals surface area contributed by atoms with Crippen molar-refractivity contribution in [3.8, 4) is 0 Å². The Balaban J connectivity index is 2.16. The van der Waals surface area contributed by atoms with Crippen molar-refractivity contribution in [2.45, 2.75) is 32.1 Å². The quantitative estimate of drug-likeness (QED) is 0.281. The first kappa shape index (κ1) is 20.7. The Labute approximate surface area is 152 Å². The summed E-state index contributed by atoms with van der Waals surface area (Å²) in [6.07, 6.45) is 7.47. The van der Waals surface area contributed by atoms with Crippen molar-refractivity contribution in [3.63, 3.8) is 0 Å². The van der Waals surface area contributed by atoms with Gasteiger partial charge < -0.3 is 15.5 Å². The van der Waals surface area contributed by atoms with Gasteiger partial charge in [0.15, 0.2) is 5.96 Å². The summed E-state index contributed by atoms with van der Waals surface area (Å²) in [5, 5.41) is 6.28. The van der Waals surface area contributed by atoms with E-state index in [0.29, 0.717) is 12.1 Å². The lowest BCUT2D eigenvalue weighted by atomic mass is 10.2. The van der Waals surface area contributed by atoms with Crippen LogP contribution in [0.25, 0.3) is 0 Å². The molecule has 0 aliphatic rings. The Morgan fingerprint density at radius 2 is 1.84 bits per heavy atom. The highest BCUT2D eigenvalue weighted by Crippen LogP contribution is 2.01. The molecule has 0 aliphatic heterocycles. The first-order valence-electron chi connectivity index (χ1n) is 9.05. The summed E-state index contributed by atoms with van der Waals surface area (Å²) in [6.45, 7) is 6.16. The Kier molecular flexibility index (Phi) is 10.8. The number of carbonyl (C=O) groups excluding carboxylic acids is 1. The molecule has 0 unspecified atom stereocenters. The molecule has 1 aromatic carbocycles. The van der Waals surface area contributed by atoms with Crippen molar-refractivity contribution in [2.24, 2.45) is 4.99 Å². The minimum Gasteiger partial charge on any atom is -0.356 e. The third-order valence-corrected chi connectivity index (χ3v) is 3.93. The predicted molar refractivity (Wildman–Crippen MR) is 106 cm³/mol. The molecule has 0 spiro atoms. The molecule has 0 bridgehead atoms. The van der Waals surface area contributed by atoms with E-state index in [2.05, 4.69) is 34.2 Å². The van der Waals surface area contributed by atoms with E-state index in [1.165, 1.54) is 12.8 Å². The van der Waals surface area contributed by atoms with Gasteiger partial charge in [-0.05, 0) is 37.8 Å². The maximum atomic E-state index is 11.9. The number of unbranched alkanes of at least 4 members (excludes halogenated alkanes) is 3. The molecule has 138 valence electrons. The van der Waals surface area contributed by atoms with Crippen LogP contribution in [-0.2, 0) is 0 Å². The SMILES string of the molecule is C=CCCCCCN(C)C(=NC)NCCCNC(=O)c1ccccc1. The maximum absolute atomic E-state index is 11.9. The molecule has 1 rings (SSSR count). The van der Waals surface area contributed by atoms with Crippen LogP contribution in [0.3, 0.4) is 0 Å². The summed E-state index contributed by atoms with van der Waals surface area (Å²) in [4.78, 5) is 18.4. The largest absolute Gasteiger partial charge is 0.356 e. The fraction of sp³-hybridized carbons (Fsp3) is 0.500. The Morgan fingerprint density at radius 1 is 1.12 bits per heavy atom. The fourth-order valence-corrected chi connectivity index (χ4v) is 2.49. The minimum absolute atomic E-state index is 0.0263. The zero-order valence-electron chi connectivity index (χ0n) is 15.6. The van der Waals surface area contributed by atoms with Crippen molar-refractivity contribution in [1.82, 2.24) is 15.5 Å². The van der Waals surface area contributed by atoms with Crippen molar-refractivity contribution in [3.05, 3.63) is 48.6 Å². The first-order chi connectivity index (χ1) is 12.2. The second-order valence-corrected chi connectivity index (χ2v) is 6.01. The van der Waals surface area contributed by atoms with Crippen LogP contribution in [0.2, 0.25) is 0 Å². The van der Waals surface area contributed by atoms with Gasteiger partial charge >= 0.3 is 0 Å². The smallest absolute Gasteiger partial charge is 0.251 e. The number of aliphatic imine (C=N–C) groups is 1. The van der Waals surface area contributed by atoms with E-state index >= 15 is 0 Å². The third-order valence-electron chi connectivity index (χ3n) is 3.93. The van der Waals surface area contributed by atoms with Crippen molar-refractivity contribution in [2.75, 3.05) is 33.7 Å². The summed E-state index contributed by atoms with van der Waals surface area (Å²) >= 11 is 0. The third kappa shape index (κ3) is 8.94. The van der Waals surface area contributed by atoms with E-state index < -0.39 is 0 Å². The molecule has 0 radical (unpaired) electrons. The fourth-order valence-electron chi connectivity index (χ4n) is 2.49. The molecule has 0 fully saturated rings. The van der Waals surface area contributed by atoms with Gasteiger partial charge in [0.25, 0.3) is 5.91 Å². The second-order valence-electron chi connectivity index (χ2n) is 6.01. The van der Waals surface area contributed by atoms with Gasteiger partial charge in [-0.3, -0.25) is 9.79 Å². The van der Waals surface area contributed by atoms with Gasteiger partial charge in [0.2, 0.25) is 0 Å². The summed E-state index contributed by atoms with van der Waals surface area (Å²) in [7, 11) is 3.85. The number of hydrogen-bond acceptors (Lipinski definition) is 2. The number of carbonyl (C=O) groups is 1. The van der Waals surface area contributed by atoms with E-state index in [1.807, 2.05) is 36.4 Å². The molecule has 1 aromatic rings. The van der Waals surface area contributed by atoms with Gasteiger partial charge in [-0.15, -0.1) is 6.58 Å². The van der Waals surface area contributed by atoms with Crippen LogP contribution in [0, 0.1) is 0 Å². The summed E-state index contributed by atoms with van der Waals surface area (Å²) in [5.41, 5.74) is 0.697. The van der Waals surface area contributed by atoms with Crippen LogP contribution in [0.1, 0.15) is 42.5 Å². The Morgan fingerprint density at radius 3 is 2.52 bits per heavy atom. The lowest BCUT2D eigenvalue weighted by molar-refractivity contribution is 0.0953. The number of nitrogens with zero attached hydrogens (tertiary/aromatic N) is 2. The summed E-state index contributed by atoms with van der Waals surface area (Å²) < 4.78 is 0. The van der Waals surface area contributed by atoms with E-state index in [9.17, 15) is 4.79 Å². The Hall–Kier alpha value is -2.30. The molecule has 5 nitrogen and oxygen atoms in total. The molecule has 1 amide bonds. The van der Waals surface area contributed by atoms with Crippen molar-refractivity contribution >= 4 is 11.9 Å². The average molecular weight is 345 g/mol. The van der Waals surface area contributed by atoms with Gasteiger partial charge in [0, 0.05) is 39.3 Å². The standard InChI is InChI=1S/C20H32N4O/c1-4-5-6-7-11-17-24(3)20(21-2)23-16-12-15-22-19(25)18-13-9-8-10-14-18/h4,8-10,13-14H,1,5-7,11-12,15-17H2,2-3H3,(H,21,23)(H,22,25). The molecule has 0 heterocycles. The van der Waals surface area contributed by atoms with Crippen molar-refractivity contribution < 1.29 is 4.79 Å². The van der Waals surface area contributed by atoms with Crippen LogP contribution in [-0.4, -0.2) is 50.5 Å². The highest BCUT2D eigenvalue weighted by Gasteiger charge is 2.05. The molecule has 0 saturated heterocycles. The second kappa shape index (κ2) is 13.0. The molecule has 0 aromatic heterocycles. The molecule has 0 aliphatic carbocycles. The summed E-state index contributed by atoms with van der Waals surface area (Å²) in [5.74, 6) is 0.875. The van der Waals surface area contributed by atoms with Crippen LogP contribution in [0.15, 0.2) is 48.0 Å². The van der Waals surface area contributed by atoms with Crippen LogP contribution in [0.4, 0.5) is 0 Å². The van der Waals surface area contributed by atoms with E-state index in [-0.39, 0.29) is 5.91 Å². The number of allylic oxidation sites excluding steroid dienone is 1. The highest BCUT2D eigenvalue weighted by molar-refractivity contribution is 5.94. The number of amides is 1. The molecular formula is C20H32N4O. The van der Waals surface area contributed by atoms with Crippen molar-refractivity contribution in [1.29, 1.82) is 0 Å². The number of hydrogen-bond donors (Lipinski definition) is 2. The van der Waals surface area contributed by atoms with Gasteiger partial charge in [0.1, 0.15) is 0 Å². The molecule has 5 heteroatoms. The highest BCUT2D eigenvalue weighted by atomic mass is 16.1. The number of nitrogens with one attached hydrogen (secondary N) is 2. The number of rotatable bonds is 11. The molecular weight excluding hydrogens is 312 g/mol. The molecule has 0 atom stereocenters. The lowest BCUT2D eigenvalue weighted by Gasteiger charge is -2.22. The van der Waals surface area contributed by atoms with Crippen LogP contribution < -0.4 is 10.6 Å². The lowest BCUT2D eigenvalue weighted by Crippen LogP contribution is -2.40. The zero-order valence-corrected chi connectivity index (χ0v) is 15.6. The average Bonchev–Trinajstić information content (AvgIpc) is 2.64. The summed E-state index contributed by atoms with van der Waals surface area (Å²) in [6, 6.07) is 9.28. The molecule has 2 N–H and O–H groups in total. The van der Waals surface area contributed by atoms with Gasteiger partial charge in [0.05, 0.1) is 0 Å². The maximum Gasteiger partial charge on any atom is 0.251 e. The topological polar surface area (TPSA) is 56.7 Å². The molecule has 25 heavy (non-hydrogen) atoms. The van der Waals surface area contributed by atoms with Crippen LogP contribution >= 0.6 is 0 Å².